The number of carbonyl (C=O) groups excluding carboxylic acids is 3. The highest BCUT2D eigenvalue weighted by molar-refractivity contribution is 5.95. The third-order valence-corrected chi connectivity index (χ3v) is 4.81. The second-order valence-electron chi connectivity index (χ2n) is 6.12. The summed E-state index contributed by atoms with van der Waals surface area (Å²) >= 11 is 0. The molecule has 2 fully saturated rings. The van der Waals surface area contributed by atoms with Gasteiger partial charge in [0.25, 0.3) is 0 Å². The second kappa shape index (κ2) is 6.56. The molecule has 0 aromatic rings. The number of nitrogens with one attached hydrogen (secondary N) is 1. The minimum absolute atomic E-state index is 0.125. The number of rotatable bonds is 2. The zero-order valence-electron chi connectivity index (χ0n) is 13.1. The van der Waals surface area contributed by atoms with Crippen molar-refractivity contribution in [3.05, 3.63) is 0 Å². The zero-order valence-corrected chi connectivity index (χ0v) is 13.1. The van der Waals surface area contributed by atoms with Crippen LogP contribution in [0.3, 0.4) is 0 Å². The van der Waals surface area contributed by atoms with Gasteiger partial charge < -0.3 is 10.2 Å². The van der Waals surface area contributed by atoms with Gasteiger partial charge >= 0.3 is 6.03 Å². The third kappa shape index (κ3) is 3.26. The summed E-state index contributed by atoms with van der Waals surface area (Å²) in [6.07, 6.45) is 2.84. The molecule has 3 atom stereocenters. The molecule has 1 N–H and O–H groups in total. The predicted molar refractivity (Wildman–Crippen MR) is 78.7 cm³/mol. The largest absolute Gasteiger partial charge is 0.341 e. The quantitative estimate of drug-likeness (QED) is 0.820. The number of fused-ring (bicyclic) bond motifs is 1. The van der Waals surface area contributed by atoms with Crippen LogP contribution >= 0.6 is 0 Å². The van der Waals surface area contributed by atoms with E-state index in [1.165, 1.54) is 11.9 Å². The van der Waals surface area contributed by atoms with Crippen molar-refractivity contribution in [1.29, 1.82) is 0 Å². The van der Waals surface area contributed by atoms with E-state index in [9.17, 15) is 14.4 Å². The van der Waals surface area contributed by atoms with Crippen LogP contribution in [0.5, 0.6) is 0 Å². The van der Waals surface area contributed by atoms with Crippen molar-refractivity contribution in [2.75, 3.05) is 27.2 Å². The SMILES string of the molecule is CCN(C(=O)NC)C(=O)[C@@H]1C[C@@H]2CC(=O)CC[C@H]2N(C)C1. The van der Waals surface area contributed by atoms with Crippen LogP contribution in [0.2, 0.25) is 0 Å². The Morgan fingerprint density at radius 2 is 2.14 bits per heavy atom. The summed E-state index contributed by atoms with van der Waals surface area (Å²) < 4.78 is 0. The Kier molecular flexibility index (Phi) is 4.98. The molecule has 1 aliphatic carbocycles. The summed E-state index contributed by atoms with van der Waals surface area (Å²) in [6, 6.07) is 0.0498. The summed E-state index contributed by atoms with van der Waals surface area (Å²) in [4.78, 5) is 39.5. The van der Waals surface area contributed by atoms with Crippen molar-refractivity contribution in [3.8, 4) is 0 Å². The van der Waals surface area contributed by atoms with E-state index in [0.717, 1.165) is 6.42 Å². The van der Waals surface area contributed by atoms with Gasteiger partial charge in [0.1, 0.15) is 5.78 Å². The molecule has 1 saturated heterocycles. The van der Waals surface area contributed by atoms with Crippen LogP contribution in [0.15, 0.2) is 0 Å². The lowest BCUT2D eigenvalue weighted by Gasteiger charge is -2.45. The topological polar surface area (TPSA) is 69.7 Å². The van der Waals surface area contributed by atoms with Crippen LogP contribution in [0, 0.1) is 11.8 Å². The summed E-state index contributed by atoms with van der Waals surface area (Å²) in [5.74, 6) is 0.235. The van der Waals surface area contributed by atoms with Crippen molar-refractivity contribution >= 4 is 17.7 Å². The van der Waals surface area contributed by atoms with Crippen molar-refractivity contribution in [2.45, 2.75) is 38.6 Å². The van der Waals surface area contributed by atoms with Crippen LogP contribution in [0.1, 0.15) is 32.6 Å². The van der Waals surface area contributed by atoms with Crippen molar-refractivity contribution in [3.63, 3.8) is 0 Å². The van der Waals surface area contributed by atoms with Gasteiger partial charge in [-0.15, -0.1) is 0 Å². The Labute approximate surface area is 125 Å². The molecule has 2 aliphatic rings. The molecule has 0 unspecified atom stereocenters. The molecule has 0 spiro atoms. The standard InChI is InChI=1S/C15H25N3O3/c1-4-18(15(21)16-2)14(20)11-7-10-8-12(19)5-6-13(10)17(3)9-11/h10-11,13H,4-9H2,1-3H3,(H,16,21)/t10-,11-,13-/m1/s1. The van der Waals surface area contributed by atoms with Crippen LogP contribution < -0.4 is 5.32 Å². The van der Waals surface area contributed by atoms with E-state index < -0.39 is 0 Å². The first-order valence-corrected chi connectivity index (χ1v) is 7.72. The number of nitrogens with zero attached hydrogens (tertiary/aromatic N) is 2. The predicted octanol–water partition coefficient (Wildman–Crippen LogP) is 0.864. The molecule has 6 nitrogen and oxygen atoms in total. The lowest BCUT2D eigenvalue weighted by atomic mass is 9.74. The van der Waals surface area contributed by atoms with E-state index in [1.54, 1.807) is 6.92 Å². The molecular weight excluding hydrogens is 270 g/mol. The van der Waals surface area contributed by atoms with E-state index in [2.05, 4.69) is 10.2 Å². The Morgan fingerprint density at radius 3 is 2.76 bits per heavy atom. The second-order valence-corrected chi connectivity index (χ2v) is 6.12. The van der Waals surface area contributed by atoms with Crippen molar-refractivity contribution < 1.29 is 14.4 Å². The first-order valence-electron chi connectivity index (χ1n) is 7.72. The number of likely N-dealkylation sites (tertiary alicyclic amines) is 1. The smallest absolute Gasteiger partial charge is 0.323 e. The molecule has 0 radical (unpaired) electrons. The maximum atomic E-state index is 12.6. The number of urea groups is 1. The Balaban J connectivity index is 2.08. The molecule has 1 aliphatic heterocycles. The van der Waals surface area contributed by atoms with Crippen molar-refractivity contribution in [1.82, 2.24) is 15.1 Å². The lowest BCUT2D eigenvalue weighted by molar-refractivity contribution is -0.138. The molecule has 118 valence electrons. The summed E-state index contributed by atoms with van der Waals surface area (Å²) in [6.45, 7) is 2.83. The van der Waals surface area contributed by atoms with E-state index >= 15 is 0 Å². The van der Waals surface area contributed by atoms with E-state index in [-0.39, 0.29) is 23.8 Å². The van der Waals surface area contributed by atoms with Crippen LogP contribution in [0.25, 0.3) is 0 Å². The number of ketones is 1. The van der Waals surface area contributed by atoms with Gasteiger partial charge in [0.05, 0.1) is 5.92 Å². The van der Waals surface area contributed by atoms with Crippen LogP contribution in [-0.4, -0.2) is 60.7 Å². The average molecular weight is 295 g/mol. The third-order valence-electron chi connectivity index (χ3n) is 4.81. The number of amides is 3. The Bertz CT molecular complexity index is 438. The molecule has 1 heterocycles. The van der Waals surface area contributed by atoms with Gasteiger partial charge in [-0.25, -0.2) is 4.79 Å². The van der Waals surface area contributed by atoms with Gasteiger partial charge in [-0.3, -0.25) is 14.5 Å². The molecule has 1 saturated carbocycles. The summed E-state index contributed by atoms with van der Waals surface area (Å²) in [5, 5.41) is 2.51. The number of carbonyl (C=O) groups is 3. The monoisotopic (exact) mass is 295 g/mol. The summed E-state index contributed by atoms with van der Waals surface area (Å²) in [7, 11) is 3.55. The highest BCUT2D eigenvalue weighted by Crippen LogP contribution is 2.36. The van der Waals surface area contributed by atoms with E-state index in [1.807, 2.05) is 7.05 Å². The Hall–Kier alpha value is -1.43. The molecule has 0 aromatic heterocycles. The maximum Gasteiger partial charge on any atom is 0.323 e. The van der Waals surface area contributed by atoms with Crippen molar-refractivity contribution in [2.24, 2.45) is 11.8 Å². The molecule has 2 rings (SSSR count). The van der Waals surface area contributed by atoms with Gasteiger partial charge in [0.15, 0.2) is 0 Å². The van der Waals surface area contributed by atoms with E-state index in [4.69, 9.17) is 0 Å². The van der Waals surface area contributed by atoms with E-state index in [0.29, 0.717) is 44.2 Å². The molecule has 0 aromatic carbocycles. The van der Waals surface area contributed by atoms with Gasteiger partial charge in [0, 0.05) is 39.0 Å². The highest BCUT2D eigenvalue weighted by atomic mass is 16.2. The molecule has 3 amide bonds. The molecule has 6 heteroatoms. The first-order chi connectivity index (χ1) is 9.97. The fraction of sp³-hybridized carbons (Fsp3) is 0.800. The van der Waals surface area contributed by atoms with Gasteiger partial charge in [0.2, 0.25) is 5.91 Å². The molecule has 21 heavy (non-hydrogen) atoms. The number of hydrogen-bond donors (Lipinski definition) is 1. The number of imide groups is 1. The first kappa shape index (κ1) is 15.9. The normalized spacial score (nSPS) is 29.7. The van der Waals surface area contributed by atoms with Crippen LogP contribution in [-0.2, 0) is 9.59 Å². The highest BCUT2D eigenvalue weighted by Gasteiger charge is 2.41. The minimum Gasteiger partial charge on any atom is -0.341 e. The van der Waals surface area contributed by atoms with Crippen LogP contribution in [0.4, 0.5) is 4.79 Å². The fourth-order valence-corrected chi connectivity index (χ4v) is 3.75. The maximum absolute atomic E-state index is 12.6. The lowest BCUT2D eigenvalue weighted by Crippen LogP contribution is -2.54. The zero-order chi connectivity index (χ0) is 15.6. The average Bonchev–Trinajstić information content (AvgIpc) is 2.46. The van der Waals surface area contributed by atoms with Gasteiger partial charge in [-0.05, 0) is 32.7 Å². The minimum atomic E-state index is -0.355. The molecular formula is C15H25N3O3. The number of piperidine rings is 1. The van der Waals surface area contributed by atoms with Gasteiger partial charge in [-0.1, -0.05) is 0 Å². The Morgan fingerprint density at radius 1 is 1.43 bits per heavy atom. The van der Waals surface area contributed by atoms with Gasteiger partial charge in [-0.2, -0.15) is 0 Å². The summed E-state index contributed by atoms with van der Waals surface area (Å²) in [5.41, 5.74) is 0. The molecule has 0 bridgehead atoms. The number of hydrogen-bond acceptors (Lipinski definition) is 4. The fourth-order valence-electron chi connectivity index (χ4n) is 3.75. The number of Topliss-reactive ketones (excluding diaryl/α,β-unsaturated/α-hetero) is 1.